The van der Waals surface area contributed by atoms with E-state index in [4.69, 9.17) is 6.42 Å². The minimum atomic E-state index is -0.609. The number of nitrogens with zero attached hydrogens (tertiary/aromatic N) is 1. The molecule has 110 valence electrons. The molecule has 0 bridgehead atoms. The normalized spacial score (nSPS) is 24.5. The molecule has 0 heterocycles. The Balaban J connectivity index is 1.77. The van der Waals surface area contributed by atoms with E-state index in [9.17, 15) is 9.59 Å². The summed E-state index contributed by atoms with van der Waals surface area (Å²) in [5.41, 5.74) is 0. The van der Waals surface area contributed by atoms with Crippen LogP contribution in [0.25, 0.3) is 0 Å². The van der Waals surface area contributed by atoms with Crippen molar-refractivity contribution in [3.63, 3.8) is 0 Å². The first-order valence-electron chi connectivity index (χ1n) is 7.24. The maximum atomic E-state index is 12.4. The van der Waals surface area contributed by atoms with E-state index in [1.807, 2.05) is 11.0 Å². The number of terminal acetylenes is 1. The minimum Gasteiger partial charge on any atom is -0.356 e. The second-order valence-electron chi connectivity index (χ2n) is 6.04. The van der Waals surface area contributed by atoms with E-state index in [0.29, 0.717) is 18.8 Å². The molecule has 20 heavy (non-hydrogen) atoms. The zero-order valence-electron chi connectivity index (χ0n) is 12.1. The van der Waals surface area contributed by atoms with Gasteiger partial charge in [0.2, 0.25) is 5.91 Å². The molecule has 0 aromatic carbocycles. The highest BCUT2D eigenvalue weighted by Crippen LogP contribution is 2.34. The first-order chi connectivity index (χ1) is 9.51. The molecule has 0 spiro atoms. The van der Waals surface area contributed by atoms with E-state index in [-0.39, 0.29) is 23.9 Å². The number of hydrogen-bond acceptors (Lipinski definition) is 3. The number of ether oxygens (including phenoxy) is 1. The number of nitrogens with one attached hydrogen (secondary N) is 1. The van der Waals surface area contributed by atoms with Crippen molar-refractivity contribution < 1.29 is 14.3 Å². The van der Waals surface area contributed by atoms with Gasteiger partial charge >= 0.3 is 6.09 Å². The summed E-state index contributed by atoms with van der Waals surface area (Å²) < 4.78 is 4.37. The van der Waals surface area contributed by atoms with Crippen LogP contribution in [-0.4, -0.2) is 35.5 Å². The molecule has 2 fully saturated rings. The van der Waals surface area contributed by atoms with Crippen LogP contribution in [-0.2, 0) is 9.53 Å². The van der Waals surface area contributed by atoms with Gasteiger partial charge in [0.1, 0.15) is 6.11 Å². The van der Waals surface area contributed by atoms with Gasteiger partial charge in [0.25, 0.3) is 0 Å². The van der Waals surface area contributed by atoms with Gasteiger partial charge in [-0.15, -0.1) is 0 Å². The Kier molecular flexibility index (Phi) is 4.53. The van der Waals surface area contributed by atoms with Crippen LogP contribution >= 0.6 is 0 Å². The van der Waals surface area contributed by atoms with E-state index in [1.54, 1.807) is 0 Å². The van der Waals surface area contributed by atoms with Gasteiger partial charge in [0.05, 0.1) is 0 Å². The fourth-order valence-corrected chi connectivity index (χ4v) is 2.56. The molecular weight excluding hydrogens is 256 g/mol. The van der Waals surface area contributed by atoms with Crippen LogP contribution in [0.2, 0.25) is 0 Å². The van der Waals surface area contributed by atoms with Gasteiger partial charge in [-0.2, -0.15) is 0 Å². The molecule has 2 rings (SSSR count). The fraction of sp³-hybridized carbons (Fsp3) is 0.733. The molecule has 0 atom stereocenters. The summed E-state index contributed by atoms with van der Waals surface area (Å²) in [7, 11) is 0. The number of carbonyl (C=O) groups excluding carboxylic acids is 2. The van der Waals surface area contributed by atoms with Crippen molar-refractivity contribution >= 4 is 12.0 Å². The number of rotatable bonds is 5. The molecule has 0 aliphatic heterocycles. The maximum Gasteiger partial charge on any atom is 0.421 e. The van der Waals surface area contributed by atoms with E-state index in [1.165, 1.54) is 12.8 Å². The predicted molar refractivity (Wildman–Crippen MR) is 74.5 cm³/mol. The van der Waals surface area contributed by atoms with Crippen LogP contribution in [0.5, 0.6) is 0 Å². The van der Waals surface area contributed by atoms with Gasteiger partial charge in [-0.3, -0.25) is 4.79 Å². The van der Waals surface area contributed by atoms with Crippen molar-refractivity contribution in [2.45, 2.75) is 51.6 Å². The van der Waals surface area contributed by atoms with E-state index in [0.717, 1.165) is 6.54 Å². The Morgan fingerprint density at radius 3 is 2.55 bits per heavy atom. The highest BCUT2D eigenvalue weighted by molar-refractivity contribution is 5.80. The van der Waals surface area contributed by atoms with Crippen molar-refractivity contribution in [1.29, 1.82) is 0 Å². The summed E-state index contributed by atoms with van der Waals surface area (Å²) >= 11 is 0. The Morgan fingerprint density at radius 2 is 2.05 bits per heavy atom. The smallest absolute Gasteiger partial charge is 0.356 e. The largest absolute Gasteiger partial charge is 0.421 e. The Morgan fingerprint density at radius 1 is 1.40 bits per heavy atom. The molecule has 0 aromatic rings. The molecule has 2 amide bonds. The molecule has 2 aliphatic rings. The van der Waals surface area contributed by atoms with Crippen LogP contribution in [0.3, 0.4) is 0 Å². The second-order valence-corrected chi connectivity index (χ2v) is 6.04. The third kappa shape index (κ3) is 3.66. The molecule has 1 N–H and O–H groups in total. The summed E-state index contributed by atoms with van der Waals surface area (Å²) in [5.74, 6) is 0.934. The molecule has 0 aromatic heterocycles. The van der Waals surface area contributed by atoms with Crippen LogP contribution in [0, 0.1) is 24.4 Å². The van der Waals surface area contributed by atoms with E-state index < -0.39 is 6.09 Å². The quantitative estimate of drug-likeness (QED) is 0.779. The summed E-state index contributed by atoms with van der Waals surface area (Å²) in [5, 5.41) is 2.65. The highest BCUT2D eigenvalue weighted by Gasteiger charge is 2.39. The van der Waals surface area contributed by atoms with Gasteiger partial charge in [0.15, 0.2) is 0 Å². The predicted octanol–water partition coefficient (Wildman–Crippen LogP) is 1.73. The lowest BCUT2D eigenvalue weighted by Gasteiger charge is -2.39. The number of hydrogen-bond donors (Lipinski definition) is 1. The molecule has 0 radical (unpaired) electrons. The molecule has 5 nitrogen and oxygen atoms in total. The Bertz CT molecular complexity index is 417. The first-order valence-corrected chi connectivity index (χ1v) is 7.24. The Labute approximate surface area is 120 Å². The summed E-state index contributed by atoms with van der Waals surface area (Å²) in [4.78, 5) is 25.6. The summed E-state index contributed by atoms with van der Waals surface area (Å²) in [6.07, 6.45) is 9.92. The second kappa shape index (κ2) is 6.17. The monoisotopic (exact) mass is 278 g/mol. The molecule has 0 saturated heterocycles. The average Bonchev–Trinajstić information content (AvgIpc) is 3.13. The van der Waals surface area contributed by atoms with Crippen LogP contribution < -0.4 is 5.32 Å². The van der Waals surface area contributed by atoms with Crippen LogP contribution in [0.4, 0.5) is 4.79 Å². The van der Waals surface area contributed by atoms with E-state index in [2.05, 4.69) is 23.9 Å². The minimum absolute atomic E-state index is 0.000243. The summed E-state index contributed by atoms with van der Waals surface area (Å²) in [6.45, 7) is 4.99. The lowest BCUT2D eigenvalue weighted by atomic mass is 9.79. The number of amides is 2. The lowest BCUT2D eigenvalue weighted by Crippen LogP contribution is -2.52. The lowest BCUT2D eigenvalue weighted by molar-refractivity contribution is -0.141. The summed E-state index contributed by atoms with van der Waals surface area (Å²) in [6, 6.07) is 0.237. The van der Waals surface area contributed by atoms with Gasteiger partial charge < -0.3 is 15.0 Å². The topological polar surface area (TPSA) is 58.6 Å². The van der Waals surface area contributed by atoms with Gasteiger partial charge in [-0.25, -0.2) is 4.79 Å². The molecule has 2 saturated carbocycles. The van der Waals surface area contributed by atoms with E-state index >= 15 is 0 Å². The molecular formula is C15H22N2O3. The average molecular weight is 278 g/mol. The van der Waals surface area contributed by atoms with Crippen molar-refractivity contribution in [1.82, 2.24) is 10.2 Å². The van der Waals surface area contributed by atoms with Crippen LogP contribution in [0.15, 0.2) is 0 Å². The number of alkyl carbamates (subject to hydrolysis) is 1. The maximum absolute atomic E-state index is 12.4. The zero-order valence-corrected chi connectivity index (χ0v) is 12.1. The SMILES string of the molecule is C#COC(=O)NC1CC(C(=O)N(CC2CC2)C(C)C)C1. The third-order valence-corrected chi connectivity index (χ3v) is 4.02. The third-order valence-electron chi connectivity index (χ3n) is 4.02. The standard InChI is InChI=1S/C15H22N2O3/c1-4-20-15(19)16-13-7-12(8-13)14(18)17(10(2)3)9-11-5-6-11/h1,10-13H,5-9H2,2-3H3,(H,16,19). The van der Waals surface area contributed by atoms with Gasteiger partial charge in [-0.05, 0) is 45.4 Å². The first kappa shape index (κ1) is 14.7. The fourth-order valence-electron chi connectivity index (χ4n) is 2.56. The van der Waals surface area contributed by atoms with Crippen molar-refractivity contribution in [3.05, 3.63) is 0 Å². The molecule has 0 unspecified atom stereocenters. The van der Waals surface area contributed by atoms with Crippen molar-refractivity contribution in [3.8, 4) is 12.5 Å². The van der Waals surface area contributed by atoms with Crippen LogP contribution in [0.1, 0.15) is 39.5 Å². The zero-order chi connectivity index (χ0) is 14.7. The molecule has 5 heteroatoms. The highest BCUT2D eigenvalue weighted by atomic mass is 16.5. The van der Waals surface area contributed by atoms with Crippen molar-refractivity contribution in [2.24, 2.45) is 11.8 Å². The Hall–Kier alpha value is -1.70. The molecule has 2 aliphatic carbocycles. The number of carbonyl (C=O) groups is 2. The van der Waals surface area contributed by atoms with Crippen molar-refractivity contribution in [2.75, 3.05) is 6.54 Å². The van der Waals surface area contributed by atoms with Gasteiger partial charge in [-0.1, -0.05) is 6.42 Å². The van der Waals surface area contributed by atoms with Gasteiger partial charge in [0, 0.05) is 24.5 Å².